The Labute approximate surface area is 159 Å². The van der Waals surface area contributed by atoms with E-state index in [2.05, 4.69) is 11.5 Å². The van der Waals surface area contributed by atoms with Gasteiger partial charge in [0.05, 0.1) is 12.6 Å². The maximum Gasteiger partial charge on any atom is 0.407 e. The third-order valence-corrected chi connectivity index (χ3v) is 3.77. The molecule has 0 aliphatic carbocycles. The Morgan fingerprint density at radius 3 is 2.30 bits per heavy atom. The minimum absolute atomic E-state index is 0.169. The average molecular weight is 379 g/mol. The first-order valence-electron chi connectivity index (χ1n) is 8.63. The van der Waals surface area contributed by atoms with Crippen LogP contribution >= 0.6 is 0 Å². The number of esters is 1. The van der Waals surface area contributed by atoms with E-state index in [1.165, 1.54) is 4.90 Å². The Bertz CT molecular complexity index is 640. The molecule has 1 aromatic carbocycles. The molecule has 1 aliphatic rings. The van der Waals surface area contributed by atoms with Gasteiger partial charge in [0.2, 0.25) is 0 Å². The first-order valence-corrected chi connectivity index (χ1v) is 8.63. The van der Waals surface area contributed by atoms with Gasteiger partial charge in [0, 0.05) is 37.1 Å². The van der Waals surface area contributed by atoms with Crippen LogP contribution in [-0.2, 0) is 9.53 Å². The second-order valence-electron chi connectivity index (χ2n) is 7.09. The van der Waals surface area contributed by atoms with Crippen molar-refractivity contribution in [2.45, 2.75) is 32.4 Å². The van der Waals surface area contributed by atoms with Crippen LogP contribution in [0.3, 0.4) is 0 Å². The Hall–Kier alpha value is -2.74. The molecule has 1 amide bonds. The number of rotatable bonds is 3. The zero-order valence-electron chi connectivity index (χ0n) is 16.1. The SMILES string of the molecule is C=CC(=O)OC(C)(C)C.Nc1ccc(N2CCN(C(=O)O)[C@H](CO)C2)cc1. The van der Waals surface area contributed by atoms with Crippen LogP contribution in [-0.4, -0.2) is 65.1 Å². The van der Waals surface area contributed by atoms with Crippen molar-refractivity contribution in [3.05, 3.63) is 36.9 Å². The third-order valence-electron chi connectivity index (χ3n) is 3.77. The number of ether oxygens (including phenoxy) is 1. The number of aliphatic hydroxyl groups is 1. The number of amides is 1. The minimum atomic E-state index is -0.981. The molecule has 0 saturated carbocycles. The van der Waals surface area contributed by atoms with Crippen LogP contribution in [0.5, 0.6) is 0 Å². The van der Waals surface area contributed by atoms with Gasteiger partial charge in [0.15, 0.2) is 0 Å². The van der Waals surface area contributed by atoms with E-state index in [-0.39, 0.29) is 18.6 Å². The third kappa shape index (κ3) is 7.57. The molecule has 0 radical (unpaired) electrons. The van der Waals surface area contributed by atoms with Crippen LogP contribution in [0.25, 0.3) is 0 Å². The number of benzene rings is 1. The number of nitrogens with zero attached hydrogens (tertiary/aromatic N) is 2. The van der Waals surface area contributed by atoms with Gasteiger partial charge in [0.25, 0.3) is 0 Å². The van der Waals surface area contributed by atoms with E-state index in [9.17, 15) is 14.7 Å². The highest BCUT2D eigenvalue weighted by Gasteiger charge is 2.29. The van der Waals surface area contributed by atoms with Crippen LogP contribution in [0, 0.1) is 0 Å². The fraction of sp³-hybridized carbons (Fsp3) is 0.474. The summed E-state index contributed by atoms with van der Waals surface area (Å²) < 4.78 is 4.83. The molecule has 1 saturated heterocycles. The molecular formula is C19H29N3O5. The van der Waals surface area contributed by atoms with Gasteiger partial charge in [-0.1, -0.05) is 6.58 Å². The summed E-state index contributed by atoms with van der Waals surface area (Å²) in [7, 11) is 0. The molecule has 8 heteroatoms. The number of nitrogens with two attached hydrogens (primary N) is 1. The van der Waals surface area contributed by atoms with Crippen molar-refractivity contribution in [2.75, 3.05) is 36.9 Å². The lowest BCUT2D eigenvalue weighted by Crippen LogP contribution is -2.56. The van der Waals surface area contributed by atoms with Crippen molar-refractivity contribution in [1.82, 2.24) is 4.90 Å². The van der Waals surface area contributed by atoms with Crippen molar-refractivity contribution < 1.29 is 24.5 Å². The summed E-state index contributed by atoms with van der Waals surface area (Å²) >= 11 is 0. The molecule has 150 valence electrons. The zero-order valence-corrected chi connectivity index (χ0v) is 16.1. The normalized spacial score (nSPS) is 16.8. The van der Waals surface area contributed by atoms with Crippen LogP contribution in [0.2, 0.25) is 0 Å². The number of hydrogen-bond donors (Lipinski definition) is 3. The molecule has 0 unspecified atom stereocenters. The number of hydrogen-bond acceptors (Lipinski definition) is 6. The Morgan fingerprint density at radius 2 is 1.89 bits per heavy atom. The predicted molar refractivity (Wildman–Crippen MR) is 105 cm³/mol. The maximum atomic E-state index is 11.0. The van der Waals surface area contributed by atoms with Gasteiger partial charge in [-0.15, -0.1) is 0 Å². The summed E-state index contributed by atoms with van der Waals surface area (Å²) in [5.41, 5.74) is 6.92. The molecule has 4 N–H and O–H groups in total. The highest BCUT2D eigenvalue weighted by atomic mass is 16.6. The minimum Gasteiger partial charge on any atom is -0.465 e. The van der Waals surface area contributed by atoms with Crippen molar-refractivity contribution in [3.63, 3.8) is 0 Å². The standard InChI is InChI=1S/C12H17N3O3.C7H12O2/c13-9-1-3-10(4-2-9)14-5-6-15(12(17)18)11(7-14)8-16;1-5-6(8)9-7(2,3)4/h1-4,11,16H,5-8,13H2,(H,17,18);5H,1H2,2-4H3/t11-;/m0./s1. The lowest BCUT2D eigenvalue weighted by atomic mass is 10.1. The van der Waals surface area contributed by atoms with E-state index in [4.69, 9.17) is 15.6 Å². The summed E-state index contributed by atoms with van der Waals surface area (Å²) in [5, 5.41) is 18.3. The molecule has 0 aromatic heterocycles. The number of nitrogen functional groups attached to an aromatic ring is 1. The highest BCUT2D eigenvalue weighted by molar-refractivity contribution is 5.81. The fourth-order valence-electron chi connectivity index (χ4n) is 2.53. The van der Waals surface area contributed by atoms with Gasteiger partial charge in [-0.05, 0) is 45.0 Å². The Balaban J connectivity index is 0.000000345. The van der Waals surface area contributed by atoms with E-state index >= 15 is 0 Å². The number of aliphatic hydroxyl groups excluding tert-OH is 1. The van der Waals surface area contributed by atoms with Crippen molar-refractivity contribution >= 4 is 23.4 Å². The van der Waals surface area contributed by atoms with E-state index in [0.29, 0.717) is 25.3 Å². The molecule has 8 nitrogen and oxygen atoms in total. The average Bonchev–Trinajstić information content (AvgIpc) is 2.60. The van der Waals surface area contributed by atoms with Gasteiger partial charge in [-0.2, -0.15) is 0 Å². The summed E-state index contributed by atoms with van der Waals surface area (Å²) in [4.78, 5) is 24.8. The predicted octanol–water partition coefficient (Wildman–Crippen LogP) is 1.94. The van der Waals surface area contributed by atoms with E-state index < -0.39 is 11.7 Å². The first-order chi connectivity index (χ1) is 12.6. The summed E-state index contributed by atoms with van der Waals surface area (Å²) in [6.45, 7) is 10.0. The van der Waals surface area contributed by atoms with Crippen LogP contribution in [0.15, 0.2) is 36.9 Å². The molecular weight excluding hydrogens is 350 g/mol. The molecule has 1 atom stereocenters. The van der Waals surface area contributed by atoms with Gasteiger partial charge >= 0.3 is 12.1 Å². The molecule has 0 bridgehead atoms. The fourth-order valence-corrected chi connectivity index (χ4v) is 2.53. The van der Waals surface area contributed by atoms with Gasteiger partial charge < -0.3 is 25.6 Å². The van der Waals surface area contributed by atoms with Gasteiger partial charge in [-0.25, -0.2) is 9.59 Å². The van der Waals surface area contributed by atoms with Gasteiger partial charge in [0.1, 0.15) is 5.60 Å². The number of carbonyl (C=O) groups excluding carboxylic acids is 1. The van der Waals surface area contributed by atoms with Crippen LogP contribution < -0.4 is 10.6 Å². The monoisotopic (exact) mass is 379 g/mol. The topological polar surface area (TPSA) is 116 Å². The molecule has 27 heavy (non-hydrogen) atoms. The lowest BCUT2D eigenvalue weighted by Gasteiger charge is -2.40. The van der Waals surface area contributed by atoms with Crippen LogP contribution in [0.1, 0.15) is 20.8 Å². The van der Waals surface area contributed by atoms with Crippen molar-refractivity contribution in [2.24, 2.45) is 0 Å². The number of carboxylic acid groups (broad SMARTS) is 1. The van der Waals surface area contributed by atoms with Crippen LogP contribution in [0.4, 0.5) is 16.2 Å². The summed E-state index contributed by atoms with van der Waals surface area (Å²) in [5.74, 6) is -0.373. The molecule has 1 aliphatic heterocycles. The second kappa shape index (κ2) is 9.82. The van der Waals surface area contributed by atoms with E-state index in [1.54, 1.807) is 0 Å². The summed E-state index contributed by atoms with van der Waals surface area (Å²) in [6.07, 6.45) is 0.177. The largest absolute Gasteiger partial charge is 0.465 e. The van der Waals surface area contributed by atoms with Gasteiger partial charge in [-0.3, -0.25) is 4.90 Å². The maximum absolute atomic E-state index is 11.0. The molecule has 2 rings (SSSR count). The van der Waals surface area contributed by atoms with E-state index in [1.807, 2.05) is 45.0 Å². The Morgan fingerprint density at radius 1 is 1.30 bits per heavy atom. The Kier molecular flexibility index (Phi) is 8.11. The number of piperazine rings is 1. The second-order valence-corrected chi connectivity index (χ2v) is 7.09. The van der Waals surface area contributed by atoms with E-state index in [0.717, 1.165) is 11.8 Å². The first kappa shape index (κ1) is 22.3. The quantitative estimate of drug-likeness (QED) is 0.417. The molecule has 0 spiro atoms. The summed E-state index contributed by atoms with van der Waals surface area (Å²) in [6, 6.07) is 7.05. The van der Waals surface area contributed by atoms with Crippen molar-refractivity contribution in [3.8, 4) is 0 Å². The zero-order chi connectivity index (χ0) is 20.6. The lowest BCUT2D eigenvalue weighted by molar-refractivity contribution is -0.148. The highest BCUT2D eigenvalue weighted by Crippen LogP contribution is 2.20. The smallest absolute Gasteiger partial charge is 0.407 e. The number of carbonyl (C=O) groups is 2. The molecule has 1 aromatic rings. The molecule has 1 fully saturated rings. The molecule has 1 heterocycles. The number of anilines is 2. The van der Waals surface area contributed by atoms with Crippen molar-refractivity contribution in [1.29, 1.82) is 0 Å².